The monoisotopic (exact) mass is 298 g/mol. The Kier molecular flexibility index (Phi) is 6.21. The summed E-state index contributed by atoms with van der Waals surface area (Å²) < 4.78 is 1.03. The third kappa shape index (κ3) is 5.22. The fraction of sp³-hybridized carbons (Fsp3) is 0.600. The molecule has 1 rings (SSSR count). The fourth-order valence-electron chi connectivity index (χ4n) is 2.04. The van der Waals surface area contributed by atoms with Crippen LogP contribution in [0.15, 0.2) is 28.7 Å². The smallest absolute Gasteiger partial charge is 0.0868 e. The van der Waals surface area contributed by atoms with Crippen LogP contribution < -0.4 is 0 Å². The molecule has 96 valence electrons. The third-order valence-corrected chi connectivity index (χ3v) is 3.71. The highest BCUT2D eigenvalue weighted by molar-refractivity contribution is 9.10. The normalized spacial score (nSPS) is 14.6. The van der Waals surface area contributed by atoms with Crippen molar-refractivity contribution < 1.29 is 5.11 Å². The lowest BCUT2D eigenvalue weighted by Gasteiger charge is -2.24. The lowest BCUT2D eigenvalue weighted by molar-refractivity contribution is 0.0448. The summed E-state index contributed by atoms with van der Waals surface area (Å²) in [7, 11) is 0. The van der Waals surface area contributed by atoms with Crippen molar-refractivity contribution in [3.05, 3.63) is 34.3 Å². The van der Waals surface area contributed by atoms with Crippen LogP contribution in [0.25, 0.3) is 0 Å². The summed E-state index contributed by atoms with van der Waals surface area (Å²) in [6.45, 7) is 4.13. The van der Waals surface area contributed by atoms with Crippen LogP contribution >= 0.6 is 15.9 Å². The first-order chi connectivity index (χ1) is 8.06. The van der Waals surface area contributed by atoms with Crippen molar-refractivity contribution >= 4 is 15.9 Å². The maximum absolute atomic E-state index is 10.4. The van der Waals surface area contributed by atoms with E-state index in [2.05, 4.69) is 22.9 Å². The molecule has 0 heterocycles. The number of benzene rings is 1. The van der Waals surface area contributed by atoms with Gasteiger partial charge in [0.25, 0.3) is 0 Å². The number of hydrogen-bond acceptors (Lipinski definition) is 1. The van der Waals surface area contributed by atoms with Crippen LogP contribution in [-0.4, -0.2) is 5.11 Å². The Bertz CT molecular complexity index is 333. The van der Waals surface area contributed by atoms with Gasteiger partial charge in [0.2, 0.25) is 0 Å². The standard InChI is InChI=1S/C15H23BrO/c1-3-4-5-6-7-11-15(2,17)13-9-8-10-14(16)12-13/h8-10,12,17H,3-7,11H2,1-2H3. The van der Waals surface area contributed by atoms with E-state index in [1.807, 2.05) is 31.2 Å². The molecule has 0 fully saturated rings. The van der Waals surface area contributed by atoms with Gasteiger partial charge in [0, 0.05) is 4.47 Å². The maximum Gasteiger partial charge on any atom is 0.0868 e. The summed E-state index contributed by atoms with van der Waals surface area (Å²) in [5, 5.41) is 10.4. The van der Waals surface area contributed by atoms with Crippen molar-refractivity contribution in [1.29, 1.82) is 0 Å². The van der Waals surface area contributed by atoms with E-state index >= 15 is 0 Å². The lowest BCUT2D eigenvalue weighted by Crippen LogP contribution is -2.20. The van der Waals surface area contributed by atoms with E-state index in [9.17, 15) is 5.11 Å². The summed E-state index contributed by atoms with van der Waals surface area (Å²) in [4.78, 5) is 0. The molecule has 2 heteroatoms. The minimum atomic E-state index is -0.698. The average Bonchev–Trinajstić information content (AvgIpc) is 2.29. The Morgan fingerprint density at radius 3 is 2.53 bits per heavy atom. The molecule has 0 aliphatic carbocycles. The summed E-state index contributed by atoms with van der Waals surface area (Å²) in [5.74, 6) is 0. The van der Waals surface area contributed by atoms with Gasteiger partial charge in [0.15, 0.2) is 0 Å². The molecule has 0 radical (unpaired) electrons. The quantitative estimate of drug-likeness (QED) is 0.701. The number of aliphatic hydroxyl groups is 1. The molecule has 1 aromatic carbocycles. The summed E-state index contributed by atoms with van der Waals surface area (Å²) in [5.41, 5.74) is 0.304. The van der Waals surface area contributed by atoms with Crippen molar-refractivity contribution in [2.45, 2.75) is 58.0 Å². The molecular weight excluding hydrogens is 276 g/mol. The van der Waals surface area contributed by atoms with Gasteiger partial charge in [-0.25, -0.2) is 0 Å². The van der Waals surface area contributed by atoms with E-state index in [1.165, 1.54) is 25.7 Å². The molecule has 0 aromatic heterocycles. The Morgan fingerprint density at radius 1 is 1.18 bits per heavy atom. The van der Waals surface area contributed by atoms with E-state index in [4.69, 9.17) is 0 Å². The maximum atomic E-state index is 10.4. The second kappa shape index (κ2) is 7.17. The minimum absolute atomic E-state index is 0.698. The predicted octanol–water partition coefficient (Wildman–Crippen LogP) is 5.02. The first-order valence-electron chi connectivity index (χ1n) is 6.54. The van der Waals surface area contributed by atoms with E-state index in [-0.39, 0.29) is 0 Å². The Morgan fingerprint density at radius 2 is 1.88 bits per heavy atom. The first-order valence-corrected chi connectivity index (χ1v) is 7.34. The number of halogens is 1. The highest BCUT2D eigenvalue weighted by Crippen LogP contribution is 2.28. The van der Waals surface area contributed by atoms with Crippen molar-refractivity contribution in [3.8, 4) is 0 Å². The second-order valence-corrected chi connectivity index (χ2v) is 5.86. The number of hydrogen-bond donors (Lipinski definition) is 1. The molecule has 0 spiro atoms. The van der Waals surface area contributed by atoms with E-state index < -0.39 is 5.60 Å². The molecule has 1 unspecified atom stereocenters. The highest BCUT2D eigenvalue weighted by atomic mass is 79.9. The Hall–Kier alpha value is -0.340. The van der Waals surface area contributed by atoms with Crippen LogP contribution in [0.3, 0.4) is 0 Å². The topological polar surface area (TPSA) is 20.2 Å². The van der Waals surface area contributed by atoms with Crippen molar-refractivity contribution in [3.63, 3.8) is 0 Å². The fourth-order valence-corrected chi connectivity index (χ4v) is 2.44. The van der Waals surface area contributed by atoms with Gasteiger partial charge >= 0.3 is 0 Å². The molecule has 1 aromatic rings. The van der Waals surface area contributed by atoms with Crippen LogP contribution in [0.2, 0.25) is 0 Å². The van der Waals surface area contributed by atoms with Gasteiger partial charge in [-0.05, 0) is 31.0 Å². The van der Waals surface area contributed by atoms with Crippen molar-refractivity contribution in [2.75, 3.05) is 0 Å². The van der Waals surface area contributed by atoms with E-state index in [0.717, 1.165) is 22.9 Å². The Labute approximate surface area is 113 Å². The lowest BCUT2D eigenvalue weighted by atomic mass is 9.90. The van der Waals surface area contributed by atoms with Crippen molar-refractivity contribution in [1.82, 2.24) is 0 Å². The third-order valence-electron chi connectivity index (χ3n) is 3.21. The van der Waals surface area contributed by atoms with Gasteiger partial charge in [-0.3, -0.25) is 0 Å². The molecule has 1 N–H and O–H groups in total. The van der Waals surface area contributed by atoms with E-state index in [0.29, 0.717) is 0 Å². The van der Waals surface area contributed by atoms with Crippen LogP contribution in [0.1, 0.15) is 57.9 Å². The summed E-state index contributed by atoms with van der Waals surface area (Å²) in [6.07, 6.45) is 7.01. The number of unbranched alkanes of at least 4 members (excludes halogenated alkanes) is 4. The minimum Gasteiger partial charge on any atom is -0.385 e. The molecule has 0 saturated heterocycles. The van der Waals surface area contributed by atoms with Gasteiger partial charge < -0.3 is 5.11 Å². The molecule has 0 aliphatic heterocycles. The molecular formula is C15H23BrO. The van der Waals surface area contributed by atoms with Crippen molar-refractivity contribution in [2.24, 2.45) is 0 Å². The molecule has 0 saturated carbocycles. The zero-order valence-electron chi connectivity index (χ0n) is 10.9. The van der Waals surface area contributed by atoms with Gasteiger partial charge in [0.1, 0.15) is 0 Å². The zero-order chi connectivity index (χ0) is 12.7. The Balaban J connectivity index is 2.45. The largest absolute Gasteiger partial charge is 0.385 e. The van der Waals surface area contributed by atoms with Gasteiger partial charge in [-0.1, -0.05) is 67.1 Å². The van der Waals surface area contributed by atoms with Gasteiger partial charge in [-0.2, -0.15) is 0 Å². The summed E-state index contributed by atoms with van der Waals surface area (Å²) in [6, 6.07) is 7.97. The zero-order valence-corrected chi connectivity index (χ0v) is 12.5. The van der Waals surface area contributed by atoms with Gasteiger partial charge in [0.05, 0.1) is 5.60 Å². The van der Waals surface area contributed by atoms with Crippen LogP contribution in [0.5, 0.6) is 0 Å². The molecule has 17 heavy (non-hydrogen) atoms. The van der Waals surface area contributed by atoms with Crippen LogP contribution in [-0.2, 0) is 5.60 Å². The SMILES string of the molecule is CCCCCCCC(C)(O)c1cccc(Br)c1. The molecule has 0 aliphatic rings. The molecule has 1 nitrogen and oxygen atoms in total. The molecule has 0 bridgehead atoms. The molecule has 0 amide bonds. The van der Waals surface area contributed by atoms with Crippen LogP contribution in [0.4, 0.5) is 0 Å². The average molecular weight is 299 g/mol. The highest BCUT2D eigenvalue weighted by Gasteiger charge is 2.22. The predicted molar refractivity (Wildman–Crippen MR) is 77.1 cm³/mol. The van der Waals surface area contributed by atoms with E-state index in [1.54, 1.807) is 0 Å². The number of rotatable bonds is 7. The first kappa shape index (κ1) is 14.7. The second-order valence-electron chi connectivity index (χ2n) is 4.95. The summed E-state index contributed by atoms with van der Waals surface area (Å²) >= 11 is 3.45. The van der Waals surface area contributed by atoms with Crippen LogP contribution in [0, 0.1) is 0 Å². The van der Waals surface area contributed by atoms with Gasteiger partial charge in [-0.15, -0.1) is 0 Å². The molecule has 1 atom stereocenters.